The molecule has 0 aliphatic carbocycles. The summed E-state index contributed by atoms with van der Waals surface area (Å²) >= 11 is 0. The van der Waals surface area contributed by atoms with Gasteiger partial charge in [-0.3, -0.25) is 4.79 Å². The van der Waals surface area contributed by atoms with Gasteiger partial charge in [0.25, 0.3) is 0 Å². The lowest BCUT2D eigenvalue weighted by molar-refractivity contribution is -0.145. The molecule has 2 atom stereocenters. The van der Waals surface area contributed by atoms with Gasteiger partial charge in [-0.15, -0.1) is 0 Å². The topological polar surface area (TPSA) is 47.6 Å². The molecule has 0 aromatic carbocycles. The molecule has 1 N–H and O–H groups in total. The molecule has 0 radical (unpaired) electrons. The molecular formula is C12H23NO3. The Hall–Kier alpha value is -0.610. The summed E-state index contributed by atoms with van der Waals surface area (Å²) in [5.74, 6) is -0.195. The Morgan fingerprint density at radius 1 is 1.62 bits per heavy atom. The number of carbonyl (C=O) groups excluding carboxylic acids is 1. The van der Waals surface area contributed by atoms with Crippen LogP contribution in [-0.2, 0) is 14.3 Å². The highest BCUT2D eigenvalue weighted by molar-refractivity contribution is 5.75. The molecule has 0 saturated carbocycles. The minimum Gasteiger partial charge on any atom is -0.465 e. The van der Waals surface area contributed by atoms with Crippen molar-refractivity contribution in [3.63, 3.8) is 0 Å². The molecule has 16 heavy (non-hydrogen) atoms. The van der Waals surface area contributed by atoms with E-state index in [-0.39, 0.29) is 23.7 Å². The molecule has 1 aliphatic rings. The lowest BCUT2D eigenvalue weighted by Gasteiger charge is -2.20. The predicted molar refractivity (Wildman–Crippen MR) is 62.3 cm³/mol. The van der Waals surface area contributed by atoms with Crippen LogP contribution in [0.4, 0.5) is 0 Å². The molecule has 0 aromatic rings. The molecular weight excluding hydrogens is 206 g/mol. The minimum atomic E-state index is -0.257. The Morgan fingerprint density at radius 3 is 2.81 bits per heavy atom. The average molecular weight is 229 g/mol. The second-order valence-corrected chi connectivity index (χ2v) is 4.92. The predicted octanol–water partition coefficient (Wildman–Crippen LogP) is 1.49. The monoisotopic (exact) mass is 229 g/mol. The fraction of sp³-hybridized carbons (Fsp3) is 0.917. The molecule has 1 fully saturated rings. The molecule has 1 rings (SSSR count). The Labute approximate surface area is 97.7 Å². The van der Waals surface area contributed by atoms with Gasteiger partial charge < -0.3 is 14.8 Å². The van der Waals surface area contributed by atoms with Crippen LogP contribution in [0.2, 0.25) is 0 Å². The first kappa shape index (κ1) is 13.5. The van der Waals surface area contributed by atoms with Crippen molar-refractivity contribution in [1.29, 1.82) is 0 Å². The number of rotatable bonds is 5. The van der Waals surface area contributed by atoms with Crippen LogP contribution in [0.3, 0.4) is 0 Å². The van der Waals surface area contributed by atoms with Crippen molar-refractivity contribution in [1.82, 2.24) is 5.32 Å². The highest BCUT2D eigenvalue weighted by Crippen LogP contribution is 2.28. The molecule has 1 heterocycles. The molecule has 1 aliphatic heterocycles. The van der Waals surface area contributed by atoms with E-state index in [1.807, 2.05) is 13.8 Å². The summed E-state index contributed by atoms with van der Waals surface area (Å²) in [5, 5.41) is 3.15. The fourth-order valence-corrected chi connectivity index (χ4v) is 1.88. The molecule has 2 unspecified atom stereocenters. The number of hydrogen-bond acceptors (Lipinski definition) is 4. The molecule has 1 saturated heterocycles. The summed E-state index contributed by atoms with van der Waals surface area (Å²) in [6, 6.07) is -0.257. The van der Waals surface area contributed by atoms with E-state index in [9.17, 15) is 4.79 Å². The molecule has 4 nitrogen and oxygen atoms in total. The van der Waals surface area contributed by atoms with Gasteiger partial charge in [0, 0.05) is 6.54 Å². The Balaban J connectivity index is 2.22. The first-order chi connectivity index (χ1) is 7.44. The number of esters is 1. The van der Waals surface area contributed by atoms with Gasteiger partial charge in [-0.05, 0) is 40.5 Å². The lowest BCUT2D eigenvalue weighted by atomic mass is 10.1. The van der Waals surface area contributed by atoms with Crippen LogP contribution >= 0.6 is 0 Å². The third-order valence-electron chi connectivity index (χ3n) is 2.85. The zero-order chi connectivity index (χ0) is 12.2. The molecule has 0 bridgehead atoms. The number of nitrogens with one attached hydrogen (secondary N) is 1. The normalized spacial score (nSPS) is 25.4. The first-order valence-electron chi connectivity index (χ1n) is 6.02. The number of hydrogen-bond donors (Lipinski definition) is 1. The van der Waals surface area contributed by atoms with E-state index in [0.717, 1.165) is 12.8 Å². The van der Waals surface area contributed by atoms with Crippen molar-refractivity contribution >= 4 is 5.97 Å². The van der Waals surface area contributed by atoms with E-state index >= 15 is 0 Å². The van der Waals surface area contributed by atoms with Crippen molar-refractivity contribution in [3.8, 4) is 0 Å². The molecule has 0 amide bonds. The van der Waals surface area contributed by atoms with E-state index in [4.69, 9.17) is 9.47 Å². The van der Waals surface area contributed by atoms with Gasteiger partial charge in [0.15, 0.2) is 0 Å². The van der Waals surface area contributed by atoms with Crippen molar-refractivity contribution < 1.29 is 14.3 Å². The van der Waals surface area contributed by atoms with E-state index < -0.39 is 0 Å². The van der Waals surface area contributed by atoms with Crippen LogP contribution in [-0.4, -0.2) is 36.9 Å². The van der Waals surface area contributed by atoms with Crippen LogP contribution in [0.25, 0.3) is 0 Å². The number of ether oxygens (including phenoxy) is 2. The van der Waals surface area contributed by atoms with Gasteiger partial charge >= 0.3 is 5.97 Å². The summed E-state index contributed by atoms with van der Waals surface area (Å²) in [4.78, 5) is 11.3. The van der Waals surface area contributed by atoms with Gasteiger partial charge in [-0.2, -0.15) is 0 Å². The van der Waals surface area contributed by atoms with Crippen LogP contribution in [0.1, 0.15) is 40.5 Å². The minimum absolute atomic E-state index is 0.0144. The van der Waals surface area contributed by atoms with E-state index in [0.29, 0.717) is 13.2 Å². The van der Waals surface area contributed by atoms with Gasteiger partial charge in [-0.1, -0.05) is 0 Å². The van der Waals surface area contributed by atoms with Crippen LogP contribution in [0, 0.1) is 0 Å². The van der Waals surface area contributed by atoms with Crippen molar-refractivity contribution in [2.75, 3.05) is 13.2 Å². The van der Waals surface area contributed by atoms with Crippen LogP contribution in [0.15, 0.2) is 0 Å². The smallest absolute Gasteiger partial charge is 0.322 e. The standard InChI is InChI=1S/C12H23NO3/c1-5-15-11(14)9(2)13-8-10-6-7-12(3,4)16-10/h9-10,13H,5-8H2,1-4H3. The van der Waals surface area contributed by atoms with Crippen molar-refractivity contribution in [2.45, 2.75) is 58.3 Å². The third-order valence-corrected chi connectivity index (χ3v) is 2.85. The van der Waals surface area contributed by atoms with Crippen molar-refractivity contribution in [3.05, 3.63) is 0 Å². The number of carbonyl (C=O) groups is 1. The van der Waals surface area contributed by atoms with E-state index in [1.54, 1.807) is 0 Å². The second kappa shape index (κ2) is 5.64. The Kier molecular flexibility index (Phi) is 4.74. The maximum absolute atomic E-state index is 11.3. The third kappa shape index (κ3) is 4.10. The zero-order valence-corrected chi connectivity index (χ0v) is 10.7. The van der Waals surface area contributed by atoms with Crippen LogP contribution < -0.4 is 5.32 Å². The zero-order valence-electron chi connectivity index (χ0n) is 10.7. The Morgan fingerprint density at radius 2 is 2.31 bits per heavy atom. The van der Waals surface area contributed by atoms with Gasteiger partial charge in [0.1, 0.15) is 6.04 Å². The molecule has 4 heteroatoms. The van der Waals surface area contributed by atoms with Gasteiger partial charge in [0.05, 0.1) is 18.3 Å². The summed E-state index contributed by atoms with van der Waals surface area (Å²) in [6.45, 7) is 8.97. The lowest BCUT2D eigenvalue weighted by Crippen LogP contribution is -2.40. The highest BCUT2D eigenvalue weighted by Gasteiger charge is 2.31. The molecule has 0 spiro atoms. The summed E-state index contributed by atoms with van der Waals surface area (Å²) in [7, 11) is 0. The maximum Gasteiger partial charge on any atom is 0.322 e. The van der Waals surface area contributed by atoms with Crippen LogP contribution in [0.5, 0.6) is 0 Å². The average Bonchev–Trinajstić information content (AvgIpc) is 2.55. The summed E-state index contributed by atoms with van der Waals surface area (Å²) < 4.78 is 10.7. The molecule has 0 aromatic heterocycles. The van der Waals surface area contributed by atoms with E-state index in [1.165, 1.54) is 0 Å². The van der Waals surface area contributed by atoms with Gasteiger partial charge in [-0.25, -0.2) is 0 Å². The quantitative estimate of drug-likeness (QED) is 0.725. The van der Waals surface area contributed by atoms with Gasteiger partial charge in [0.2, 0.25) is 0 Å². The fourth-order valence-electron chi connectivity index (χ4n) is 1.88. The summed E-state index contributed by atoms with van der Waals surface area (Å²) in [6.07, 6.45) is 2.34. The van der Waals surface area contributed by atoms with Crippen molar-refractivity contribution in [2.24, 2.45) is 0 Å². The maximum atomic E-state index is 11.3. The largest absolute Gasteiger partial charge is 0.465 e. The molecule has 94 valence electrons. The highest BCUT2D eigenvalue weighted by atomic mass is 16.5. The first-order valence-corrected chi connectivity index (χ1v) is 6.02. The SMILES string of the molecule is CCOC(=O)C(C)NCC1CCC(C)(C)O1. The second-order valence-electron chi connectivity index (χ2n) is 4.92. The Bertz CT molecular complexity index is 240. The summed E-state index contributed by atoms with van der Waals surface area (Å²) in [5.41, 5.74) is -0.0144. The van der Waals surface area contributed by atoms with E-state index in [2.05, 4.69) is 19.2 Å².